The maximum atomic E-state index is 5.02. The minimum atomic E-state index is 0.845. The molecule has 1 aromatic rings. The number of hydrogen-bond donors (Lipinski definition) is 2. The first-order valence-electron chi connectivity index (χ1n) is 6.57. The van der Waals surface area contributed by atoms with Gasteiger partial charge in [0.1, 0.15) is 18.0 Å². The van der Waals surface area contributed by atoms with Gasteiger partial charge in [-0.1, -0.05) is 6.92 Å². The third-order valence-electron chi connectivity index (χ3n) is 2.85. The summed E-state index contributed by atoms with van der Waals surface area (Å²) in [7, 11) is 3.63. The van der Waals surface area contributed by atoms with Gasteiger partial charge in [-0.3, -0.25) is 0 Å². The van der Waals surface area contributed by atoms with Gasteiger partial charge in [0.2, 0.25) is 0 Å². The number of ether oxygens (including phenoxy) is 1. The second-order valence-corrected chi connectivity index (χ2v) is 4.13. The fourth-order valence-corrected chi connectivity index (χ4v) is 1.87. The van der Waals surface area contributed by atoms with Crippen LogP contribution in [0.1, 0.15) is 31.7 Å². The lowest BCUT2D eigenvalue weighted by Gasteiger charge is -2.12. The van der Waals surface area contributed by atoms with Gasteiger partial charge >= 0.3 is 0 Å². The summed E-state index contributed by atoms with van der Waals surface area (Å²) in [6, 6.07) is 0. The molecular formula is C13H24N4O. The molecule has 0 amide bonds. The van der Waals surface area contributed by atoms with Crippen LogP contribution in [-0.2, 0) is 11.2 Å². The predicted molar refractivity (Wildman–Crippen MR) is 75.2 cm³/mol. The van der Waals surface area contributed by atoms with Crippen LogP contribution < -0.4 is 10.6 Å². The molecule has 1 aromatic heterocycles. The van der Waals surface area contributed by atoms with E-state index in [0.717, 1.165) is 49.6 Å². The molecule has 1 rings (SSSR count). The summed E-state index contributed by atoms with van der Waals surface area (Å²) in [6.45, 7) is 3.90. The van der Waals surface area contributed by atoms with Gasteiger partial charge < -0.3 is 15.4 Å². The summed E-state index contributed by atoms with van der Waals surface area (Å²) in [4.78, 5) is 8.52. The Kier molecular flexibility index (Phi) is 7.10. The summed E-state index contributed by atoms with van der Waals surface area (Å²) in [5.74, 6) is 1.86. The molecule has 2 N–H and O–H groups in total. The quantitative estimate of drug-likeness (QED) is 0.660. The average Bonchev–Trinajstić information content (AvgIpc) is 2.42. The van der Waals surface area contributed by atoms with Gasteiger partial charge in [-0.05, 0) is 25.7 Å². The fraction of sp³-hybridized carbons (Fsp3) is 0.692. The highest BCUT2D eigenvalue weighted by Crippen LogP contribution is 2.19. The van der Waals surface area contributed by atoms with Crippen LogP contribution in [0.4, 0.5) is 11.6 Å². The van der Waals surface area contributed by atoms with Crippen LogP contribution >= 0.6 is 0 Å². The van der Waals surface area contributed by atoms with E-state index in [4.69, 9.17) is 4.74 Å². The van der Waals surface area contributed by atoms with E-state index in [1.54, 1.807) is 13.4 Å². The first-order chi connectivity index (χ1) is 8.83. The van der Waals surface area contributed by atoms with Crippen molar-refractivity contribution in [2.45, 2.75) is 32.6 Å². The van der Waals surface area contributed by atoms with Crippen LogP contribution in [0.15, 0.2) is 6.33 Å². The summed E-state index contributed by atoms with van der Waals surface area (Å²) in [5, 5.41) is 6.48. The molecule has 0 saturated heterocycles. The molecule has 0 spiro atoms. The fourth-order valence-electron chi connectivity index (χ4n) is 1.87. The van der Waals surface area contributed by atoms with Crippen LogP contribution in [0.3, 0.4) is 0 Å². The molecule has 0 radical (unpaired) electrons. The molecule has 0 aromatic carbocycles. The number of aromatic nitrogens is 2. The molecule has 0 fully saturated rings. The Morgan fingerprint density at radius 1 is 1.17 bits per heavy atom. The Bertz CT molecular complexity index is 344. The van der Waals surface area contributed by atoms with Crippen molar-refractivity contribution in [1.82, 2.24) is 9.97 Å². The second-order valence-electron chi connectivity index (χ2n) is 4.13. The first kappa shape index (κ1) is 14.7. The topological polar surface area (TPSA) is 59.1 Å². The third kappa shape index (κ3) is 4.49. The van der Waals surface area contributed by atoms with E-state index in [1.807, 2.05) is 7.05 Å². The summed E-state index contributed by atoms with van der Waals surface area (Å²) >= 11 is 0. The lowest BCUT2D eigenvalue weighted by Crippen LogP contribution is -2.09. The smallest absolute Gasteiger partial charge is 0.134 e. The Hall–Kier alpha value is -1.36. The van der Waals surface area contributed by atoms with Crippen molar-refractivity contribution in [3.63, 3.8) is 0 Å². The zero-order valence-corrected chi connectivity index (χ0v) is 11.6. The summed E-state index contributed by atoms with van der Waals surface area (Å²) in [6.07, 6.45) is 5.93. The number of unbranched alkanes of at least 4 members (excludes halogenated alkanes) is 2. The number of hydrogen-bond acceptors (Lipinski definition) is 5. The van der Waals surface area contributed by atoms with Crippen molar-refractivity contribution in [1.29, 1.82) is 0 Å². The highest BCUT2D eigenvalue weighted by molar-refractivity contribution is 5.56. The minimum Gasteiger partial charge on any atom is -0.385 e. The van der Waals surface area contributed by atoms with E-state index >= 15 is 0 Å². The van der Waals surface area contributed by atoms with Gasteiger partial charge in [-0.2, -0.15) is 0 Å². The van der Waals surface area contributed by atoms with E-state index in [1.165, 1.54) is 6.42 Å². The number of methoxy groups -OCH3 is 1. The molecule has 5 nitrogen and oxygen atoms in total. The molecule has 102 valence electrons. The maximum absolute atomic E-state index is 5.02. The van der Waals surface area contributed by atoms with Gasteiger partial charge in [-0.15, -0.1) is 0 Å². The van der Waals surface area contributed by atoms with Crippen LogP contribution in [0.25, 0.3) is 0 Å². The van der Waals surface area contributed by atoms with Gasteiger partial charge in [0.15, 0.2) is 0 Å². The first-order valence-corrected chi connectivity index (χ1v) is 6.57. The predicted octanol–water partition coefficient (Wildman–Crippen LogP) is 2.31. The number of anilines is 2. The zero-order valence-electron chi connectivity index (χ0n) is 11.6. The zero-order chi connectivity index (χ0) is 13.2. The highest BCUT2D eigenvalue weighted by atomic mass is 16.5. The molecule has 0 aliphatic rings. The Morgan fingerprint density at radius 2 is 1.94 bits per heavy atom. The normalized spacial score (nSPS) is 10.4. The Morgan fingerprint density at radius 3 is 2.61 bits per heavy atom. The van der Waals surface area contributed by atoms with E-state index < -0.39 is 0 Å². The number of nitrogens with zero attached hydrogens (tertiary/aromatic N) is 2. The summed E-state index contributed by atoms with van der Waals surface area (Å²) < 4.78 is 5.02. The second kappa shape index (κ2) is 8.69. The van der Waals surface area contributed by atoms with E-state index in [0.29, 0.717) is 0 Å². The van der Waals surface area contributed by atoms with E-state index in [9.17, 15) is 0 Å². The number of rotatable bonds is 9. The van der Waals surface area contributed by atoms with Crippen molar-refractivity contribution >= 4 is 11.6 Å². The van der Waals surface area contributed by atoms with Crippen molar-refractivity contribution < 1.29 is 4.74 Å². The van der Waals surface area contributed by atoms with E-state index in [2.05, 4.69) is 27.5 Å². The molecule has 0 aliphatic carbocycles. The van der Waals surface area contributed by atoms with Crippen molar-refractivity contribution in [2.24, 2.45) is 0 Å². The van der Waals surface area contributed by atoms with Crippen LogP contribution in [0.5, 0.6) is 0 Å². The Labute approximate surface area is 109 Å². The molecule has 0 aliphatic heterocycles. The molecule has 0 saturated carbocycles. The molecule has 1 heterocycles. The molecule has 18 heavy (non-hydrogen) atoms. The molecule has 0 unspecified atom stereocenters. The van der Waals surface area contributed by atoms with Crippen LogP contribution in [0.2, 0.25) is 0 Å². The van der Waals surface area contributed by atoms with Crippen molar-refractivity contribution in [3.05, 3.63) is 11.9 Å². The van der Waals surface area contributed by atoms with Crippen molar-refractivity contribution in [3.8, 4) is 0 Å². The largest absolute Gasteiger partial charge is 0.385 e. The third-order valence-corrected chi connectivity index (χ3v) is 2.85. The van der Waals surface area contributed by atoms with Crippen LogP contribution in [-0.4, -0.2) is 37.3 Å². The van der Waals surface area contributed by atoms with Gasteiger partial charge in [0, 0.05) is 32.9 Å². The van der Waals surface area contributed by atoms with Gasteiger partial charge in [0.25, 0.3) is 0 Å². The lowest BCUT2D eigenvalue weighted by atomic mass is 10.2. The van der Waals surface area contributed by atoms with Gasteiger partial charge in [0.05, 0.1) is 0 Å². The summed E-state index contributed by atoms with van der Waals surface area (Å²) in [5.41, 5.74) is 1.15. The molecule has 0 bridgehead atoms. The van der Waals surface area contributed by atoms with E-state index in [-0.39, 0.29) is 0 Å². The SMILES string of the molecule is CCc1c(NC)ncnc1NCCCCCOC. The lowest BCUT2D eigenvalue weighted by molar-refractivity contribution is 0.192. The molecular weight excluding hydrogens is 228 g/mol. The monoisotopic (exact) mass is 252 g/mol. The van der Waals surface area contributed by atoms with Crippen LogP contribution in [0, 0.1) is 0 Å². The molecule has 5 heteroatoms. The minimum absolute atomic E-state index is 0.845. The Balaban J connectivity index is 2.41. The van der Waals surface area contributed by atoms with Gasteiger partial charge in [-0.25, -0.2) is 9.97 Å². The standard InChI is InChI=1S/C13H24N4O/c1-4-11-12(14-2)16-10-17-13(11)15-8-6-5-7-9-18-3/h10H,4-9H2,1-3H3,(H2,14,15,16,17). The average molecular weight is 252 g/mol. The highest BCUT2D eigenvalue weighted by Gasteiger charge is 2.07. The maximum Gasteiger partial charge on any atom is 0.134 e. The molecule has 0 atom stereocenters. The number of nitrogens with one attached hydrogen (secondary N) is 2. The van der Waals surface area contributed by atoms with Crippen molar-refractivity contribution in [2.75, 3.05) is 37.9 Å².